The fourth-order valence-electron chi connectivity index (χ4n) is 4.77. The minimum absolute atomic E-state index is 0.236. The van der Waals surface area contributed by atoms with Gasteiger partial charge in [0.15, 0.2) is 0 Å². The average Bonchev–Trinajstić information content (AvgIpc) is 2.59. The third kappa shape index (κ3) is 4.18. The highest BCUT2D eigenvalue weighted by Crippen LogP contribution is 2.44. The van der Waals surface area contributed by atoms with E-state index < -0.39 is 0 Å². The van der Waals surface area contributed by atoms with Crippen molar-refractivity contribution in [3.8, 4) is 0 Å². The summed E-state index contributed by atoms with van der Waals surface area (Å²) in [6, 6.07) is 5.37. The van der Waals surface area contributed by atoms with Gasteiger partial charge in [0.1, 0.15) is 5.82 Å². The van der Waals surface area contributed by atoms with Gasteiger partial charge in [-0.25, -0.2) is 4.39 Å². The summed E-state index contributed by atoms with van der Waals surface area (Å²) in [5.41, 5.74) is 1.14. The van der Waals surface area contributed by atoms with Crippen LogP contribution in [0.5, 0.6) is 0 Å². The molecule has 0 nitrogen and oxygen atoms in total. The number of benzene rings is 1. The quantitative estimate of drug-likeness (QED) is 0.515. The minimum Gasteiger partial charge on any atom is -0.205 e. The summed E-state index contributed by atoms with van der Waals surface area (Å²) in [6.45, 7) is 2.13. The molecule has 0 spiro atoms. The topological polar surface area (TPSA) is 0 Å². The highest BCUT2D eigenvalue weighted by molar-refractivity contribution is 6.30. The van der Waals surface area contributed by atoms with Gasteiger partial charge in [0.05, 0.1) is 5.02 Å². The van der Waals surface area contributed by atoms with Crippen molar-refractivity contribution in [1.82, 2.24) is 0 Å². The lowest BCUT2D eigenvalue weighted by Gasteiger charge is -2.37. The summed E-state index contributed by atoms with van der Waals surface area (Å²) in [6.07, 6.45) is 15.2. The predicted molar refractivity (Wildman–Crippen MR) is 96.4 cm³/mol. The SMILES string of the molecule is C/C=C/C1CCC(C2CCC(c3ccc(Cl)c(F)c3)CC2)CC1. The Hall–Kier alpha value is -0.820. The van der Waals surface area contributed by atoms with E-state index in [1.807, 2.05) is 6.07 Å². The molecule has 23 heavy (non-hydrogen) atoms. The summed E-state index contributed by atoms with van der Waals surface area (Å²) in [4.78, 5) is 0. The van der Waals surface area contributed by atoms with Crippen molar-refractivity contribution in [2.45, 2.75) is 64.2 Å². The first-order chi connectivity index (χ1) is 11.2. The first-order valence-electron chi connectivity index (χ1n) is 9.25. The van der Waals surface area contributed by atoms with Gasteiger partial charge in [0.25, 0.3) is 0 Å². The summed E-state index contributed by atoms with van der Waals surface area (Å²) < 4.78 is 13.7. The van der Waals surface area contributed by atoms with E-state index in [2.05, 4.69) is 19.1 Å². The Balaban J connectivity index is 1.51. The van der Waals surface area contributed by atoms with Gasteiger partial charge < -0.3 is 0 Å². The molecule has 0 bridgehead atoms. The van der Waals surface area contributed by atoms with Gasteiger partial charge in [-0.15, -0.1) is 0 Å². The molecule has 3 rings (SSSR count). The third-order valence-electron chi connectivity index (χ3n) is 6.13. The van der Waals surface area contributed by atoms with Crippen LogP contribution >= 0.6 is 11.6 Å². The highest BCUT2D eigenvalue weighted by atomic mass is 35.5. The normalized spacial score (nSPS) is 32.3. The molecule has 2 heteroatoms. The van der Waals surface area contributed by atoms with Gasteiger partial charge in [0, 0.05) is 0 Å². The summed E-state index contributed by atoms with van der Waals surface area (Å²) in [5, 5.41) is 0.236. The maximum atomic E-state index is 13.7. The van der Waals surface area contributed by atoms with Crippen molar-refractivity contribution < 1.29 is 4.39 Å². The van der Waals surface area contributed by atoms with Crippen LogP contribution in [0.25, 0.3) is 0 Å². The lowest BCUT2D eigenvalue weighted by molar-refractivity contribution is 0.171. The molecule has 2 fully saturated rings. The van der Waals surface area contributed by atoms with Crippen LogP contribution in [0.3, 0.4) is 0 Å². The van der Waals surface area contributed by atoms with E-state index in [4.69, 9.17) is 11.6 Å². The van der Waals surface area contributed by atoms with E-state index >= 15 is 0 Å². The first-order valence-corrected chi connectivity index (χ1v) is 9.63. The minimum atomic E-state index is -0.270. The lowest BCUT2D eigenvalue weighted by atomic mass is 9.68. The van der Waals surface area contributed by atoms with Crippen LogP contribution in [-0.4, -0.2) is 0 Å². The Morgan fingerprint density at radius 1 is 0.957 bits per heavy atom. The Morgan fingerprint density at radius 3 is 2.13 bits per heavy atom. The fourth-order valence-corrected chi connectivity index (χ4v) is 4.89. The molecule has 1 aromatic carbocycles. The number of halogens is 2. The van der Waals surface area contributed by atoms with Crippen molar-refractivity contribution in [3.05, 3.63) is 46.8 Å². The molecule has 2 aliphatic carbocycles. The molecule has 0 aromatic heterocycles. The molecule has 0 unspecified atom stereocenters. The standard InChI is InChI=1S/C21H28ClF/c1-2-3-15-4-6-16(7-5-15)17-8-10-18(11-9-17)19-12-13-20(22)21(23)14-19/h2-3,12-18H,4-11H2,1H3/b3-2+. The lowest BCUT2D eigenvalue weighted by Crippen LogP contribution is -2.25. The van der Waals surface area contributed by atoms with Gasteiger partial charge in [-0.1, -0.05) is 29.8 Å². The molecule has 0 heterocycles. The van der Waals surface area contributed by atoms with Gasteiger partial charge >= 0.3 is 0 Å². The van der Waals surface area contributed by atoms with Gasteiger partial charge in [-0.3, -0.25) is 0 Å². The summed E-state index contributed by atoms with van der Waals surface area (Å²) in [5.74, 6) is 2.91. The smallest absolute Gasteiger partial charge is 0.142 e. The maximum Gasteiger partial charge on any atom is 0.142 e. The van der Waals surface area contributed by atoms with E-state index in [1.54, 1.807) is 12.1 Å². The zero-order chi connectivity index (χ0) is 16.2. The van der Waals surface area contributed by atoms with E-state index in [9.17, 15) is 4.39 Å². The van der Waals surface area contributed by atoms with E-state index in [1.165, 1.54) is 51.4 Å². The Kier molecular flexibility index (Phi) is 5.80. The average molecular weight is 335 g/mol. The molecule has 2 saturated carbocycles. The van der Waals surface area contributed by atoms with Crippen LogP contribution in [0.15, 0.2) is 30.4 Å². The number of allylic oxidation sites excluding steroid dienone is 2. The van der Waals surface area contributed by atoms with Crippen molar-refractivity contribution in [1.29, 1.82) is 0 Å². The second-order valence-corrected chi connectivity index (χ2v) is 7.89. The number of hydrogen-bond acceptors (Lipinski definition) is 0. The van der Waals surface area contributed by atoms with Crippen molar-refractivity contribution in [3.63, 3.8) is 0 Å². The molecular formula is C21H28ClF. The van der Waals surface area contributed by atoms with Crippen molar-refractivity contribution >= 4 is 11.6 Å². The van der Waals surface area contributed by atoms with Crippen LogP contribution in [0.1, 0.15) is 69.8 Å². The van der Waals surface area contributed by atoms with E-state index in [0.717, 1.165) is 23.3 Å². The molecular weight excluding hydrogens is 307 g/mol. The van der Waals surface area contributed by atoms with Crippen LogP contribution in [0.4, 0.5) is 4.39 Å². The van der Waals surface area contributed by atoms with Gasteiger partial charge in [-0.2, -0.15) is 0 Å². The third-order valence-corrected chi connectivity index (χ3v) is 6.44. The molecule has 0 saturated heterocycles. The predicted octanol–water partition coefficient (Wildman–Crippen LogP) is 7.14. The zero-order valence-corrected chi connectivity index (χ0v) is 14.9. The molecule has 0 amide bonds. The van der Waals surface area contributed by atoms with E-state index in [0.29, 0.717) is 5.92 Å². The molecule has 0 aliphatic heterocycles. The van der Waals surface area contributed by atoms with Crippen molar-refractivity contribution in [2.75, 3.05) is 0 Å². The number of rotatable bonds is 3. The first kappa shape index (κ1) is 17.0. The molecule has 2 aliphatic rings. The Bertz CT molecular complexity index is 535. The van der Waals surface area contributed by atoms with Gasteiger partial charge in [-0.05, 0) is 99.7 Å². The molecule has 0 N–H and O–H groups in total. The Labute approximate surface area is 145 Å². The summed E-state index contributed by atoms with van der Waals surface area (Å²) in [7, 11) is 0. The van der Waals surface area contributed by atoms with Crippen LogP contribution in [0, 0.1) is 23.6 Å². The number of hydrogen-bond donors (Lipinski definition) is 0. The largest absolute Gasteiger partial charge is 0.205 e. The van der Waals surface area contributed by atoms with Crippen molar-refractivity contribution in [2.24, 2.45) is 17.8 Å². The second-order valence-electron chi connectivity index (χ2n) is 7.49. The van der Waals surface area contributed by atoms with Crippen LogP contribution in [-0.2, 0) is 0 Å². The Morgan fingerprint density at radius 2 is 1.57 bits per heavy atom. The molecule has 0 radical (unpaired) electrons. The zero-order valence-electron chi connectivity index (χ0n) is 14.1. The maximum absolute atomic E-state index is 13.7. The molecule has 126 valence electrons. The summed E-state index contributed by atoms with van der Waals surface area (Å²) >= 11 is 5.80. The molecule has 0 atom stereocenters. The monoisotopic (exact) mass is 334 g/mol. The molecule has 1 aromatic rings. The fraction of sp³-hybridized carbons (Fsp3) is 0.619. The van der Waals surface area contributed by atoms with Crippen LogP contribution < -0.4 is 0 Å². The van der Waals surface area contributed by atoms with Gasteiger partial charge in [0.2, 0.25) is 0 Å². The van der Waals surface area contributed by atoms with Crippen LogP contribution in [0.2, 0.25) is 5.02 Å². The van der Waals surface area contributed by atoms with E-state index in [-0.39, 0.29) is 10.8 Å². The highest BCUT2D eigenvalue weighted by Gasteiger charge is 2.30. The second kappa shape index (κ2) is 7.83.